The van der Waals surface area contributed by atoms with Crippen LogP contribution in [0.2, 0.25) is 0 Å². The number of phenols is 2. The first-order chi connectivity index (χ1) is 9.56. The van der Waals surface area contributed by atoms with Crippen molar-refractivity contribution >= 4 is 0 Å². The predicted molar refractivity (Wildman–Crippen MR) is 69.7 cm³/mol. The Morgan fingerprint density at radius 1 is 1.00 bits per heavy atom. The Bertz CT molecular complexity index is 673. The van der Waals surface area contributed by atoms with Crippen molar-refractivity contribution in [2.45, 2.75) is 12.5 Å². The number of phenolic OH excluding ortho intramolecular Hbond substituents is 2. The largest absolute Gasteiger partial charge is 0.504 e. The first kappa shape index (κ1) is 12.9. The van der Waals surface area contributed by atoms with Crippen molar-refractivity contribution in [1.29, 1.82) is 0 Å². The fourth-order valence-corrected chi connectivity index (χ4v) is 2.60. The second-order valence-electron chi connectivity index (χ2n) is 4.84. The van der Waals surface area contributed by atoms with E-state index in [4.69, 9.17) is 0 Å². The standard InChI is InChI=1S/C15H13F2NO2/c16-9-1-2-12(17)11(6-9)15-10-7-14(20)13(19)5-8(10)3-4-18-15/h1-2,5-7,15,18-20H,3-4H2. The molecule has 0 aromatic heterocycles. The van der Waals surface area contributed by atoms with Gasteiger partial charge in [0.2, 0.25) is 0 Å². The van der Waals surface area contributed by atoms with E-state index in [2.05, 4.69) is 5.32 Å². The van der Waals surface area contributed by atoms with Gasteiger partial charge in [-0.1, -0.05) is 0 Å². The summed E-state index contributed by atoms with van der Waals surface area (Å²) in [6, 6.07) is 5.62. The Morgan fingerprint density at radius 3 is 2.55 bits per heavy atom. The average molecular weight is 277 g/mol. The third-order valence-electron chi connectivity index (χ3n) is 3.56. The van der Waals surface area contributed by atoms with Crippen molar-refractivity contribution in [3.63, 3.8) is 0 Å². The van der Waals surface area contributed by atoms with Gasteiger partial charge in [0.1, 0.15) is 11.6 Å². The minimum atomic E-state index is -0.541. The molecule has 1 atom stereocenters. The van der Waals surface area contributed by atoms with Crippen molar-refractivity contribution in [1.82, 2.24) is 5.32 Å². The molecule has 0 saturated heterocycles. The van der Waals surface area contributed by atoms with Crippen LogP contribution in [0.5, 0.6) is 11.5 Å². The van der Waals surface area contributed by atoms with Crippen molar-refractivity contribution in [3.05, 3.63) is 58.7 Å². The molecule has 0 aliphatic carbocycles. The number of hydrogen-bond donors (Lipinski definition) is 3. The van der Waals surface area contributed by atoms with Gasteiger partial charge in [-0.2, -0.15) is 0 Å². The van der Waals surface area contributed by atoms with Crippen molar-refractivity contribution < 1.29 is 19.0 Å². The summed E-state index contributed by atoms with van der Waals surface area (Å²) in [6.45, 7) is 0.581. The van der Waals surface area contributed by atoms with Crippen LogP contribution in [0, 0.1) is 11.6 Å². The minimum Gasteiger partial charge on any atom is -0.504 e. The molecular formula is C15H13F2NO2. The van der Waals surface area contributed by atoms with Crippen LogP contribution in [0.25, 0.3) is 0 Å². The Kier molecular flexibility index (Phi) is 3.06. The lowest BCUT2D eigenvalue weighted by molar-refractivity contribution is 0.400. The van der Waals surface area contributed by atoms with E-state index in [1.807, 2.05) is 0 Å². The second kappa shape index (κ2) is 4.76. The van der Waals surface area contributed by atoms with Crippen LogP contribution in [0.3, 0.4) is 0 Å². The summed E-state index contributed by atoms with van der Waals surface area (Å²) < 4.78 is 27.2. The van der Waals surface area contributed by atoms with Crippen molar-refractivity contribution in [3.8, 4) is 11.5 Å². The summed E-state index contributed by atoms with van der Waals surface area (Å²) in [4.78, 5) is 0. The summed E-state index contributed by atoms with van der Waals surface area (Å²) in [6.07, 6.45) is 0.649. The zero-order valence-electron chi connectivity index (χ0n) is 10.5. The van der Waals surface area contributed by atoms with E-state index < -0.39 is 17.7 Å². The zero-order valence-corrected chi connectivity index (χ0v) is 10.5. The molecule has 0 radical (unpaired) electrons. The lowest BCUT2D eigenvalue weighted by atomic mass is 9.89. The number of hydrogen-bond acceptors (Lipinski definition) is 3. The van der Waals surface area contributed by atoms with Crippen LogP contribution < -0.4 is 5.32 Å². The Morgan fingerprint density at radius 2 is 1.75 bits per heavy atom. The quantitative estimate of drug-likeness (QED) is 0.702. The fraction of sp³-hybridized carbons (Fsp3) is 0.200. The summed E-state index contributed by atoms with van der Waals surface area (Å²) in [5.41, 5.74) is 1.65. The number of benzene rings is 2. The monoisotopic (exact) mass is 277 g/mol. The van der Waals surface area contributed by atoms with Crippen LogP contribution in [-0.4, -0.2) is 16.8 Å². The fourth-order valence-electron chi connectivity index (χ4n) is 2.60. The van der Waals surface area contributed by atoms with Gasteiger partial charge in [0, 0.05) is 12.1 Å². The lowest BCUT2D eigenvalue weighted by Crippen LogP contribution is -2.31. The van der Waals surface area contributed by atoms with Gasteiger partial charge >= 0.3 is 0 Å². The van der Waals surface area contributed by atoms with Gasteiger partial charge in [-0.15, -0.1) is 0 Å². The molecule has 1 aliphatic rings. The van der Waals surface area contributed by atoms with E-state index in [1.165, 1.54) is 12.1 Å². The SMILES string of the molecule is Oc1cc2c(cc1O)C(c1cc(F)ccc1F)NCC2. The molecule has 0 fully saturated rings. The first-order valence-corrected chi connectivity index (χ1v) is 6.29. The van der Waals surface area contributed by atoms with E-state index in [0.717, 1.165) is 23.8 Å². The van der Waals surface area contributed by atoms with Gasteiger partial charge in [-0.25, -0.2) is 8.78 Å². The van der Waals surface area contributed by atoms with E-state index in [1.54, 1.807) is 0 Å². The maximum absolute atomic E-state index is 13.9. The average Bonchev–Trinajstić information content (AvgIpc) is 2.42. The van der Waals surface area contributed by atoms with Crippen LogP contribution in [-0.2, 0) is 6.42 Å². The smallest absolute Gasteiger partial charge is 0.157 e. The molecule has 1 unspecified atom stereocenters. The number of nitrogens with one attached hydrogen (secondary N) is 1. The van der Waals surface area contributed by atoms with Crippen LogP contribution in [0.15, 0.2) is 30.3 Å². The summed E-state index contributed by atoms with van der Waals surface area (Å²) in [7, 11) is 0. The number of halogens is 2. The van der Waals surface area contributed by atoms with Gasteiger partial charge in [0.05, 0.1) is 6.04 Å². The van der Waals surface area contributed by atoms with Crippen LogP contribution >= 0.6 is 0 Å². The molecule has 3 N–H and O–H groups in total. The highest BCUT2D eigenvalue weighted by Crippen LogP contribution is 2.36. The highest BCUT2D eigenvalue weighted by molar-refractivity contribution is 5.50. The summed E-state index contributed by atoms with van der Waals surface area (Å²) in [5.74, 6) is -1.50. The Balaban J connectivity index is 2.14. The maximum atomic E-state index is 13.9. The molecule has 0 spiro atoms. The number of fused-ring (bicyclic) bond motifs is 1. The molecule has 20 heavy (non-hydrogen) atoms. The number of aromatic hydroxyl groups is 2. The zero-order chi connectivity index (χ0) is 14.3. The van der Waals surface area contributed by atoms with Gasteiger partial charge in [-0.05, 0) is 47.9 Å². The Labute approximate surface area is 114 Å². The molecular weight excluding hydrogens is 264 g/mol. The van der Waals surface area contributed by atoms with Gasteiger partial charge in [-0.3, -0.25) is 0 Å². The van der Waals surface area contributed by atoms with Crippen LogP contribution in [0.1, 0.15) is 22.7 Å². The first-order valence-electron chi connectivity index (χ1n) is 6.29. The Hall–Kier alpha value is -2.14. The molecule has 0 bridgehead atoms. The highest BCUT2D eigenvalue weighted by Gasteiger charge is 2.25. The van der Waals surface area contributed by atoms with E-state index in [9.17, 15) is 19.0 Å². The topological polar surface area (TPSA) is 52.5 Å². The van der Waals surface area contributed by atoms with Gasteiger partial charge < -0.3 is 15.5 Å². The molecule has 0 saturated carbocycles. The second-order valence-corrected chi connectivity index (χ2v) is 4.84. The highest BCUT2D eigenvalue weighted by atomic mass is 19.1. The molecule has 1 aliphatic heterocycles. The van der Waals surface area contributed by atoms with E-state index in [0.29, 0.717) is 18.5 Å². The van der Waals surface area contributed by atoms with Crippen LogP contribution in [0.4, 0.5) is 8.78 Å². The van der Waals surface area contributed by atoms with Gasteiger partial charge in [0.25, 0.3) is 0 Å². The molecule has 3 nitrogen and oxygen atoms in total. The molecule has 104 valence electrons. The minimum absolute atomic E-state index is 0.191. The van der Waals surface area contributed by atoms with E-state index >= 15 is 0 Å². The summed E-state index contributed by atoms with van der Waals surface area (Å²) in [5, 5.41) is 22.3. The predicted octanol–water partition coefficient (Wildman–Crippen LogP) is 2.61. The van der Waals surface area contributed by atoms with Crippen molar-refractivity contribution in [2.75, 3.05) is 6.54 Å². The molecule has 0 amide bonds. The van der Waals surface area contributed by atoms with E-state index in [-0.39, 0.29) is 17.1 Å². The maximum Gasteiger partial charge on any atom is 0.157 e. The molecule has 5 heteroatoms. The lowest BCUT2D eigenvalue weighted by Gasteiger charge is -2.28. The van der Waals surface area contributed by atoms with Gasteiger partial charge in [0.15, 0.2) is 11.5 Å². The molecule has 2 aromatic carbocycles. The number of rotatable bonds is 1. The molecule has 2 aromatic rings. The summed E-state index contributed by atoms with van der Waals surface area (Å²) >= 11 is 0. The molecule has 1 heterocycles. The normalized spacial score (nSPS) is 17.8. The molecule has 3 rings (SSSR count). The van der Waals surface area contributed by atoms with Crippen molar-refractivity contribution in [2.24, 2.45) is 0 Å². The third kappa shape index (κ3) is 2.10. The third-order valence-corrected chi connectivity index (χ3v) is 3.56.